The summed E-state index contributed by atoms with van der Waals surface area (Å²) in [5.74, 6) is 1.29. The number of hydrogen-bond donors (Lipinski definition) is 3. The Hall–Kier alpha value is -1.42. The molecule has 0 aliphatic heterocycles. The molecular formula is C10H11N3S. The Bertz CT molecular complexity index is 473. The lowest BCUT2D eigenvalue weighted by atomic mass is 10.1. The summed E-state index contributed by atoms with van der Waals surface area (Å²) in [4.78, 5) is 0. The van der Waals surface area contributed by atoms with E-state index in [-0.39, 0.29) is 0 Å². The average Bonchev–Trinajstić information content (AvgIpc) is 2.57. The minimum absolute atomic E-state index is 0.546. The van der Waals surface area contributed by atoms with Crippen LogP contribution in [0.15, 0.2) is 24.3 Å². The molecule has 1 aromatic carbocycles. The summed E-state index contributed by atoms with van der Waals surface area (Å²) >= 11 is 4.10. The Labute approximate surface area is 87.4 Å². The van der Waals surface area contributed by atoms with E-state index < -0.39 is 0 Å². The number of nitrogen functional groups attached to an aromatic ring is 1. The molecule has 0 atom stereocenters. The minimum atomic E-state index is 0.546. The molecule has 14 heavy (non-hydrogen) atoms. The van der Waals surface area contributed by atoms with E-state index in [1.807, 2.05) is 30.4 Å². The highest BCUT2D eigenvalue weighted by molar-refractivity contribution is 7.80. The van der Waals surface area contributed by atoms with Crippen molar-refractivity contribution in [1.82, 2.24) is 10.2 Å². The summed E-state index contributed by atoms with van der Waals surface area (Å²) in [7, 11) is 0. The molecule has 2 aromatic rings. The first-order valence-electron chi connectivity index (χ1n) is 4.32. The minimum Gasteiger partial charge on any atom is -0.382 e. The zero-order valence-corrected chi connectivity index (χ0v) is 8.46. The molecule has 3 N–H and O–H groups in total. The van der Waals surface area contributed by atoms with Gasteiger partial charge in [0.05, 0.1) is 5.52 Å². The van der Waals surface area contributed by atoms with Crippen LogP contribution in [-0.4, -0.2) is 16.0 Å². The van der Waals surface area contributed by atoms with Gasteiger partial charge in [-0.2, -0.15) is 17.7 Å². The van der Waals surface area contributed by atoms with Gasteiger partial charge < -0.3 is 5.73 Å². The maximum Gasteiger partial charge on any atom is 0.153 e. The van der Waals surface area contributed by atoms with E-state index >= 15 is 0 Å². The van der Waals surface area contributed by atoms with Gasteiger partial charge in [0.25, 0.3) is 0 Å². The number of H-pyrrole nitrogens is 1. The van der Waals surface area contributed by atoms with E-state index in [1.165, 1.54) is 0 Å². The first-order valence-corrected chi connectivity index (χ1v) is 4.95. The number of nitrogens with one attached hydrogen (secondary N) is 1. The largest absolute Gasteiger partial charge is 0.382 e. The number of aromatic nitrogens is 2. The van der Waals surface area contributed by atoms with Crippen LogP contribution in [0.25, 0.3) is 17.0 Å². The number of anilines is 1. The topological polar surface area (TPSA) is 54.7 Å². The van der Waals surface area contributed by atoms with E-state index in [9.17, 15) is 0 Å². The van der Waals surface area contributed by atoms with Gasteiger partial charge in [-0.1, -0.05) is 18.2 Å². The maximum absolute atomic E-state index is 5.65. The molecule has 2 rings (SSSR count). The molecule has 0 fully saturated rings. The van der Waals surface area contributed by atoms with Crippen LogP contribution in [0.4, 0.5) is 5.82 Å². The highest BCUT2D eigenvalue weighted by atomic mass is 32.1. The van der Waals surface area contributed by atoms with Crippen LogP contribution in [0, 0.1) is 0 Å². The molecule has 0 radical (unpaired) electrons. The quantitative estimate of drug-likeness (QED) is 0.657. The average molecular weight is 205 g/mol. The number of nitrogens with zero attached hydrogens (tertiary/aromatic N) is 1. The second kappa shape index (κ2) is 3.75. The van der Waals surface area contributed by atoms with Crippen molar-refractivity contribution < 1.29 is 0 Å². The highest BCUT2D eigenvalue weighted by Crippen LogP contribution is 2.19. The summed E-state index contributed by atoms with van der Waals surface area (Å²) in [6.07, 6.45) is 4.01. The van der Waals surface area contributed by atoms with E-state index in [0.717, 1.165) is 22.2 Å². The lowest BCUT2D eigenvalue weighted by Crippen LogP contribution is -1.83. The first kappa shape index (κ1) is 9.15. The first-order chi connectivity index (χ1) is 6.81. The van der Waals surface area contributed by atoms with E-state index in [1.54, 1.807) is 0 Å². The SMILES string of the molecule is Nc1n[nH]c2cc(C=CCS)ccc12. The Morgan fingerprint density at radius 1 is 1.50 bits per heavy atom. The van der Waals surface area contributed by atoms with E-state index in [2.05, 4.69) is 22.8 Å². The predicted octanol–water partition coefficient (Wildman–Crippen LogP) is 2.09. The van der Waals surface area contributed by atoms with Crippen LogP contribution >= 0.6 is 12.6 Å². The van der Waals surface area contributed by atoms with Gasteiger partial charge in [0.2, 0.25) is 0 Å². The molecule has 72 valence electrons. The van der Waals surface area contributed by atoms with Crippen molar-refractivity contribution in [2.24, 2.45) is 0 Å². The third-order valence-corrected chi connectivity index (χ3v) is 2.24. The highest BCUT2D eigenvalue weighted by Gasteiger charge is 2.00. The fraction of sp³-hybridized carbons (Fsp3) is 0.100. The molecule has 0 unspecified atom stereocenters. The molecule has 0 saturated heterocycles. The number of nitrogens with two attached hydrogens (primary N) is 1. The molecule has 0 saturated carbocycles. The van der Waals surface area contributed by atoms with E-state index in [0.29, 0.717) is 5.82 Å². The van der Waals surface area contributed by atoms with Crippen molar-refractivity contribution in [3.8, 4) is 0 Å². The van der Waals surface area contributed by atoms with Gasteiger partial charge in [-0.05, 0) is 17.7 Å². The molecule has 1 aromatic heterocycles. The molecule has 0 bridgehead atoms. The summed E-state index contributed by atoms with van der Waals surface area (Å²) in [5.41, 5.74) is 7.74. The fourth-order valence-corrected chi connectivity index (χ4v) is 1.46. The lowest BCUT2D eigenvalue weighted by Gasteiger charge is -1.93. The monoisotopic (exact) mass is 205 g/mol. The van der Waals surface area contributed by atoms with E-state index in [4.69, 9.17) is 5.73 Å². The van der Waals surface area contributed by atoms with Gasteiger partial charge in [-0.15, -0.1) is 0 Å². The number of hydrogen-bond acceptors (Lipinski definition) is 3. The van der Waals surface area contributed by atoms with Crippen LogP contribution in [0.2, 0.25) is 0 Å². The second-order valence-corrected chi connectivity index (χ2v) is 3.36. The molecule has 0 spiro atoms. The predicted molar refractivity (Wildman–Crippen MR) is 63.4 cm³/mol. The fourth-order valence-electron chi connectivity index (χ4n) is 1.35. The van der Waals surface area contributed by atoms with Crippen molar-refractivity contribution in [2.45, 2.75) is 0 Å². The summed E-state index contributed by atoms with van der Waals surface area (Å²) in [6, 6.07) is 5.99. The molecule has 1 heterocycles. The van der Waals surface area contributed by atoms with Crippen LogP contribution < -0.4 is 5.73 Å². The molecular weight excluding hydrogens is 194 g/mol. The Balaban J connectivity index is 2.47. The standard InChI is InChI=1S/C10H11N3S/c11-10-8-4-3-7(2-1-5-14)6-9(8)12-13-10/h1-4,6,14H,5H2,(H3,11,12,13). The van der Waals surface area contributed by atoms with Crippen molar-refractivity contribution >= 4 is 35.4 Å². The summed E-state index contributed by atoms with van der Waals surface area (Å²) < 4.78 is 0. The normalized spacial score (nSPS) is 11.5. The third kappa shape index (κ3) is 1.61. The van der Waals surface area contributed by atoms with Gasteiger partial charge in [0.1, 0.15) is 0 Å². The Morgan fingerprint density at radius 3 is 3.14 bits per heavy atom. The number of fused-ring (bicyclic) bond motifs is 1. The van der Waals surface area contributed by atoms with Crippen molar-refractivity contribution in [2.75, 3.05) is 11.5 Å². The maximum atomic E-state index is 5.65. The number of rotatable bonds is 2. The smallest absolute Gasteiger partial charge is 0.153 e. The summed E-state index contributed by atoms with van der Waals surface area (Å²) in [6.45, 7) is 0. The summed E-state index contributed by atoms with van der Waals surface area (Å²) in [5, 5.41) is 7.77. The number of aromatic amines is 1. The number of thiol groups is 1. The molecule has 0 amide bonds. The van der Waals surface area contributed by atoms with Gasteiger partial charge in [0.15, 0.2) is 5.82 Å². The second-order valence-electron chi connectivity index (χ2n) is 3.00. The van der Waals surface area contributed by atoms with Crippen LogP contribution in [0.5, 0.6) is 0 Å². The van der Waals surface area contributed by atoms with Crippen LogP contribution in [0.1, 0.15) is 5.56 Å². The van der Waals surface area contributed by atoms with Gasteiger partial charge in [-0.25, -0.2) is 0 Å². The van der Waals surface area contributed by atoms with Crippen molar-refractivity contribution in [3.05, 3.63) is 29.8 Å². The van der Waals surface area contributed by atoms with Gasteiger partial charge >= 0.3 is 0 Å². The zero-order valence-electron chi connectivity index (χ0n) is 7.57. The van der Waals surface area contributed by atoms with Crippen LogP contribution in [-0.2, 0) is 0 Å². The Kier molecular flexibility index (Phi) is 2.45. The molecule has 0 aliphatic rings. The lowest BCUT2D eigenvalue weighted by molar-refractivity contribution is 1.13. The molecule has 0 aliphatic carbocycles. The zero-order chi connectivity index (χ0) is 9.97. The third-order valence-electron chi connectivity index (χ3n) is 2.03. The number of benzene rings is 1. The van der Waals surface area contributed by atoms with Crippen molar-refractivity contribution in [1.29, 1.82) is 0 Å². The van der Waals surface area contributed by atoms with Gasteiger partial charge in [-0.3, -0.25) is 5.10 Å². The van der Waals surface area contributed by atoms with Crippen LogP contribution in [0.3, 0.4) is 0 Å². The van der Waals surface area contributed by atoms with Gasteiger partial charge in [0, 0.05) is 11.1 Å². The molecule has 4 heteroatoms. The molecule has 3 nitrogen and oxygen atoms in total. The van der Waals surface area contributed by atoms with Crippen molar-refractivity contribution in [3.63, 3.8) is 0 Å². The Morgan fingerprint density at radius 2 is 2.36 bits per heavy atom.